The van der Waals surface area contributed by atoms with Gasteiger partial charge in [-0.1, -0.05) is 6.92 Å². The van der Waals surface area contributed by atoms with Crippen molar-refractivity contribution in [2.75, 3.05) is 59.6 Å². The number of unbranched alkanes of at least 4 members (excludes halogenated alkanes) is 1. The van der Waals surface area contributed by atoms with Crippen molar-refractivity contribution in [2.24, 2.45) is 17.8 Å². The number of morpholine rings is 1. The minimum Gasteiger partial charge on any atom is -0.396 e. The van der Waals surface area contributed by atoms with E-state index in [1.54, 1.807) is 11.9 Å². The minimum absolute atomic E-state index is 0.0273. The van der Waals surface area contributed by atoms with Crippen LogP contribution in [0.5, 0.6) is 0 Å². The highest BCUT2D eigenvalue weighted by Crippen LogP contribution is 2.65. The van der Waals surface area contributed by atoms with Crippen molar-refractivity contribution < 1.29 is 29.0 Å². The lowest BCUT2D eigenvalue weighted by molar-refractivity contribution is -0.147. The molecule has 3 unspecified atom stereocenters. The van der Waals surface area contributed by atoms with Crippen molar-refractivity contribution in [1.82, 2.24) is 20.4 Å². The van der Waals surface area contributed by atoms with Crippen LogP contribution in [0, 0.1) is 17.8 Å². The fraction of sp³-hybridized carbons (Fsp3) is 0.870. The summed E-state index contributed by atoms with van der Waals surface area (Å²) in [6.45, 7) is 8.57. The molecule has 0 saturated carbocycles. The maximum atomic E-state index is 13.7. The lowest BCUT2D eigenvalue weighted by atomic mass is 9.62. The number of nitrogens with one attached hydrogen (secondary N) is 2. The Morgan fingerprint density at radius 1 is 1.18 bits per heavy atom. The predicted octanol–water partition coefficient (Wildman–Crippen LogP) is -1.04. The number of hydrogen-bond donors (Lipinski definition) is 3. The molecule has 4 fully saturated rings. The molecule has 4 rings (SSSR count). The fourth-order valence-corrected chi connectivity index (χ4v) is 6.49. The van der Waals surface area contributed by atoms with E-state index in [2.05, 4.69) is 15.5 Å². The van der Waals surface area contributed by atoms with Gasteiger partial charge in [0, 0.05) is 46.4 Å². The summed E-state index contributed by atoms with van der Waals surface area (Å²) in [6, 6.07) is -0.780. The third kappa shape index (κ3) is 3.94. The molecule has 2 bridgehead atoms. The third-order valence-electron chi connectivity index (χ3n) is 8.23. The number of ether oxygens (including phenoxy) is 2. The zero-order valence-corrected chi connectivity index (χ0v) is 20.0. The first-order valence-corrected chi connectivity index (χ1v) is 12.2. The number of nitrogens with zero attached hydrogens (tertiary/aromatic N) is 2. The Kier molecular flexibility index (Phi) is 7.00. The van der Waals surface area contributed by atoms with Crippen molar-refractivity contribution in [2.45, 2.75) is 50.4 Å². The Balaban J connectivity index is 1.57. The number of hydrogen-bond acceptors (Lipinski definition) is 7. The van der Waals surface area contributed by atoms with E-state index in [9.17, 15) is 19.5 Å². The topological polar surface area (TPSA) is 120 Å². The van der Waals surface area contributed by atoms with Crippen LogP contribution in [0.15, 0.2) is 0 Å². The van der Waals surface area contributed by atoms with Crippen LogP contribution in [-0.4, -0.2) is 109 Å². The van der Waals surface area contributed by atoms with Gasteiger partial charge in [0.1, 0.15) is 11.6 Å². The van der Waals surface area contributed by atoms with Gasteiger partial charge in [-0.25, -0.2) is 0 Å². The van der Waals surface area contributed by atoms with E-state index in [1.165, 1.54) is 0 Å². The molecule has 3 N–H and O–H groups in total. The number of amides is 3. The molecule has 1 spiro atoms. The first-order chi connectivity index (χ1) is 15.8. The number of fused-ring (bicyclic) bond motifs is 1. The van der Waals surface area contributed by atoms with Crippen LogP contribution in [0.3, 0.4) is 0 Å². The second-order valence-electron chi connectivity index (χ2n) is 10.0. The van der Waals surface area contributed by atoms with Crippen LogP contribution >= 0.6 is 0 Å². The number of likely N-dealkylation sites (tertiary alicyclic amines) is 1. The molecule has 0 aliphatic carbocycles. The van der Waals surface area contributed by atoms with Crippen molar-refractivity contribution in [3.63, 3.8) is 0 Å². The molecule has 186 valence electrons. The maximum Gasteiger partial charge on any atom is 0.245 e. The molecule has 0 aromatic rings. The first-order valence-electron chi connectivity index (χ1n) is 12.2. The second kappa shape index (κ2) is 9.48. The van der Waals surface area contributed by atoms with Crippen LogP contribution in [0.25, 0.3) is 0 Å². The van der Waals surface area contributed by atoms with Crippen LogP contribution < -0.4 is 10.6 Å². The second-order valence-corrected chi connectivity index (χ2v) is 10.0. The fourth-order valence-electron chi connectivity index (χ4n) is 6.49. The minimum atomic E-state index is -1.01. The average Bonchev–Trinajstić information content (AvgIpc) is 3.31. The quantitative estimate of drug-likeness (QED) is 0.372. The van der Waals surface area contributed by atoms with E-state index in [0.717, 1.165) is 13.1 Å². The van der Waals surface area contributed by atoms with Gasteiger partial charge in [0.05, 0.1) is 30.7 Å². The Morgan fingerprint density at radius 2 is 1.91 bits per heavy atom. The van der Waals surface area contributed by atoms with E-state index in [4.69, 9.17) is 9.47 Å². The van der Waals surface area contributed by atoms with Gasteiger partial charge in [0.25, 0.3) is 0 Å². The summed E-state index contributed by atoms with van der Waals surface area (Å²) in [5.41, 5.74) is -1.80. The van der Waals surface area contributed by atoms with Crippen LogP contribution in [0.1, 0.15) is 33.1 Å². The Morgan fingerprint density at radius 3 is 2.58 bits per heavy atom. The molecule has 10 nitrogen and oxygen atoms in total. The highest BCUT2D eigenvalue weighted by Gasteiger charge is 2.79. The normalized spacial score (nSPS) is 37.9. The standard InChI is InChI=1S/C23H38N4O6/c1-15-14-23-17(16(19(29)24-3)22(15,2)33-23)21(31)27(7-4-5-11-28)18(23)20(30)25-6-8-26-9-12-32-13-10-26/h15-18,28H,4-14H2,1-3H3,(H,24,29)(H,25,30)/t15?,16-,17+,18?,22+,23?/m1/s1. The summed E-state index contributed by atoms with van der Waals surface area (Å²) >= 11 is 0. The SMILES string of the molecule is CNC(=O)[C@H]1[C@H]2C(=O)N(CCCCO)C(C(=O)NCCN3CCOCC3)C23CC(C)[C@]1(C)O3. The highest BCUT2D eigenvalue weighted by atomic mass is 16.5. The van der Waals surface area contributed by atoms with E-state index in [-0.39, 0.29) is 30.2 Å². The Bertz CT molecular complexity index is 774. The summed E-state index contributed by atoms with van der Waals surface area (Å²) < 4.78 is 12.0. The van der Waals surface area contributed by atoms with Crippen LogP contribution in [0.2, 0.25) is 0 Å². The van der Waals surface area contributed by atoms with Crippen molar-refractivity contribution in [1.29, 1.82) is 0 Å². The van der Waals surface area contributed by atoms with Crippen LogP contribution in [-0.2, 0) is 23.9 Å². The molecule has 33 heavy (non-hydrogen) atoms. The number of aliphatic hydroxyl groups excluding tert-OH is 1. The first kappa shape index (κ1) is 24.4. The van der Waals surface area contributed by atoms with Crippen molar-refractivity contribution >= 4 is 17.7 Å². The largest absolute Gasteiger partial charge is 0.396 e. The highest BCUT2D eigenvalue weighted by molar-refractivity contribution is 5.99. The molecule has 6 atom stereocenters. The lowest BCUT2D eigenvalue weighted by Crippen LogP contribution is -2.56. The van der Waals surface area contributed by atoms with Gasteiger partial charge < -0.3 is 30.1 Å². The summed E-state index contributed by atoms with van der Waals surface area (Å²) in [6.07, 6.45) is 1.69. The molecule has 10 heteroatoms. The average molecular weight is 467 g/mol. The molecule has 0 aromatic heterocycles. The van der Waals surface area contributed by atoms with E-state index in [1.807, 2.05) is 13.8 Å². The van der Waals surface area contributed by atoms with E-state index in [0.29, 0.717) is 52.1 Å². The Hall–Kier alpha value is -1.75. The molecule has 4 aliphatic rings. The summed E-state index contributed by atoms with van der Waals surface area (Å²) in [5, 5.41) is 15.0. The molecular formula is C23H38N4O6. The number of carbonyl (C=O) groups is 3. The monoisotopic (exact) mass is 466 g/mol. The van der Waals surface area contributed by atoms with Gasteiger partial charge in [-0.15, -0.1) is 0 Å². The number of aliphatic hydroxyl groups is 1. The Labute approximate surface area is 195 Å². The number of carbonyl (C=O) groups excluding carboxylic acids is 3. The number of rotatable bonds is 9. The van der Waals surface area contributed by atoms with Gasteiger partial charge in [0.15, 0.2) is 0 Å². The molecule has 3 amide bonds. The summed E-state index contributed by atoms with van der Waals surface area (Å²) in [5.74, 6) is -1.91. The van der Waals surface area contributed by atoms with E-state index < -0.39 is 29.1 Å². The lowest BCUT2D eigenvalue weighted by Gasteiger charge is -2.36. The maximum absolute atomic E-state index is 13.7. The van der Waals surface area contributed by atoms with Crippen LogP contribution in [0.4, 0.5) is 0 Å². The van der Waals surface area contributed by atoms with Gasteiger partial charge >= 0.3 is 0 Å². The predicted molar refractivity (Wildman–Crippen MR) is 119 cm³/mol. The van der Waals surface area contributed by atoms with Gasteiger partial charge in [-0.05, 0) is 32.1 Å². The molecule has 4 saturated heterocycles. The summed E-state index contributed by atoms with van der Waals surface area (Å²) in [7, 11) is 1.57. The van der Waals surface area contributed by atoms with E-state index >= 15 is 0 Å². The summed E-state index contributed by atoms with van der Waals surface area (Å²) in [4.78, 5) is 44.0. The van der Waals surface area contributed by atoms with Gasteiger partial charge in [-0.3, -0.25) is 19.3 Å². The van der Waals surface area contributed by atoms with Gasteiger partial charge in [-0.2, -0.15) is 0 Å². The zero-order valence-electron chi connectivity index (χ0n) is 20.0. The molecule has 4 aliphatic heterocycles. The molecule has 0 aromatic carbocycles. The van der Waals surface area contributed by atoms with Gasteiger partial charge in [0.2, 0.25) is 17.7 Å². The molecule has 4 heterocycles. The van der Waals surface area contributed by atoms with Crippen molar-refractivity contribution in [3.05, 3.63) is 0 Å². The zero-order chi connectivity index (χ0) is 23.8. The molecule has 0 radical (unpaired) electrons. The smallest absolute Gasteiger partial charge is 0.245 e. The third-order valence-corrected chi connectivity index (χ3v) is 8.23. The molecular weight excluding hydrogens is 428 g/mol. The van der Waals surface area contributed by atoms with Crippen molar-refractivity contribution in [3.8, 4) is 0 Å².